The van der Waals surface area contributed by atoms with Gasteiger partial charge in [0.2, 0.25) is 0 Å². The molecule has 0 bridgehead atoms. The zero-order valence-electron chi connectivity index (χ0n) is 10.1. The van der Waals surface area contributed by atoms with Crippen molar-refractivity contribution in [2.45, 2.75) is 0 Å². The van der Waals surface area contributed by atoms with Gasteiger partial charge in [-0.25, -0.2) is 4.79 Å². The average Bonchev–Trinajstić information content (AvgIpc) is 2.45. The molecule has 19 heavy (non-hydrogen) atoms. The van der Waals surface area contributed by atoms with Gasteiger partial charge in [0, 0.05) is 11.6 Å². The average molecular weight is 249 g/mol. The number of hydrogen-bond donors (Lipinski definition) is 1. The van der Waals surface area contributed by atoms with Crippen molar-refractivity contribution in [3.05, 3.63) is 65.7 Å². The molecule has 0 amide bonds. The molecule has 3 heteroatoms. The molecule has 2 aromatic rings. The zero-order chi connectivity index (χ0) is 13.7. The van der Waals surface area contributed by atoms with Gasteiger partial charge in [0.1, 0.15) is 0 Å². The van der Waals surface area contributed by atoms with Gasteiger partial charge in [-0.15, -0.1) is 0 Å². The molecule has 2 rings (SSSR count). The number of rotatable bonds is 3. The smallest absolute Gasteiger partial charge is 0.328 e. The van der Waals surface area contributed by atoms with Crippen molar-refractivity contribution in [3.8, 4) is 17.2 Å². The Labute approximate surface area is 111 Å². The Morgan fingerprint density at radius 1 is 1.05 bits per heavy atom. The van der Waals surface area contributed by atoms with Crippen LogP contribution in [0.3, 0.4) is 0 Å². The van der Waals surface area contributed by atoms with Crippen LogP contribution in [0.15, 0.2) is 54.6 Å². The Morgan fingerprint density at radius 2 is 1.68 bits per heavy atom. The van der Waals surface area contributed by atoms with Crippen molar-refractivity contribution in [1.29, 1.82) is 5.26 Å². The Hall–Kier alpha value is -2.86. The van der Waals surface area contributed by atoms with E-state index in [-0.39, 0.29) is 0 Å². The topological polar surface area (TPSA) is 61.1 Å². The van der Waals surface area contributed by atoms with Crippen LogP contribution >= 0.6 is 0 Å². The van der Waals surface area contributed by atoms with Gasteiger partial charge >= 0.3 is 5.97 Å². The van der Waals surface area contributed by atoms with Crippen LogP contribution in [0, 0.1) is 11.3 Å². The number of carboxylic acid groups (broad SMARTS) is 1. The molecular weight excluding hydrogens is 238 g/mol. The molecular formula is C16H11NO2. The first-order valence-electron chi connectivity index (χ1n) is 5.72. The number of nitrogens with zero attached hydrogens (tertiary/aromatic N) is 1. The van der Waals surface area contributed by atoms with Gasteiger partial charge in [0.05, 0.1) is 11.6 Å². The highest BCUT2D eigenvalue weighted by Crippen LogP contribution is 2.27. The third-order valence-corrected chi connectivity index (χ3v) is 2.70. The molecule has 0 saturated heterocycles. The molecule has 0 aliphatic rings. The number of aliphatic carboxylic acids is 1. The summed E-state index contributed by atoms with van der Waals surface area (Å²) in [7, 11) is 0. The fourth-order valence-corrected chi connectivity index (χ4v) is 1.86. The van der Waals surface area contributed by atoms with Crippen molar-refractivity contribution in [1.82, 2.24) is 0 Å². The molecule has 92 valence electrons. The number of nitriles is 1. The van der Waals surface area contributed by atoms with Gasteiger partial charge in [-0.05, 0) is 23.3 Å². The Kier molecular flexibility index (Phi) is 3.75. The molecule has 0 aliphatic heterocycles. The summed E-state index contributed by atoms with van der Waals surface area (Å²) >= 11 is 0. The van der Waals surface area contributed by atoms with Gasteiger partial charge in [-0.2, -0.15) is 5.26 Å². The quantitative estimate of drug-likeness (QED) is 0.849. The van der Waals surface area contributed by atoms with Gasteiger partial charge in [-0.3, -0.25) is 0 Å². The molecule has 3 nitrogen and oxygen atoms in total. The minimum absolute atomic E-state index is 0.568. The lowest BCUT2D eigenvalue weighted by Crippen LogP contribution is -1.89. The number of carbonyl (C=O) groups is 1. The molecule has 0 aromatic heterocycles. The van der Waals surface area contributed by atoms with Crippen LogP contribution in [0.4, 0.5) is 0 Å². The first-order chi connectivity index (χ1) is 9.22. The van der Waals surface area contributed by atoms with Crippen molar-refractivity contribution in [2.24, 2.45) is 0 Å². The fraction of sp³-hybridized carbons (Fsp3) is 0. The van der Waals surface area contributed by atoms with Crippen molar-refractivity contribution >= 4 is 12.0 Å². The zero-order valence-corrected chi connectivity index (χ0v) is 10.1. The standard InChI is InChI=1S/C16H11NO2/c17-11-13-6-2-4-8-15(13)14-7-3-1-5-12(14)9-10-16(18)19/h1-10H,(H,18,19)/b10-9+. The lowest BCUT2D eigenvalue weighted by molar-refractivity contribution is -0.131. The van der Waals surface area contributed by atoms with Crippen molar-refractivity contribution in [3.63, 3.8) is 0 Å². The molecule has 0 unspecified atom stereocenters. The molecule has 1 N–H and O–H groups in total. The number of benzene rings is 2. The minimum Gasteiger partial charge on any atom is -0.478 e. The van der Waals surface area contributed by atoms with Crippen molar-refractivity contribution in [2.75, 3.05) is 0 Å². The maximum absolute atomic E-state index is 10.6. The van der Waals surface area contributed by atoms with Crippen LogP contribution in [0.1, 0.15) is 11.1 Å². The van der Waals surface area contributed by atoms with Gasteiger partial charge in [-0.1, -0.05) is 42.5 Å². The van der Waals surface area contributed by atoms with E-state index in [2.05, 4.69) is 6.07 Å². The van der Waals surface area contributed by atoms with E-state index in [1.807, 2.05) is 36.4 Å². The van der Waals surface area contributed by atoms with E-state index in [0.717, 1.165) is 22.8 Å². The molecule has 0 atom stereocenters. The Balaban J connectivity index is 2.57. The van der Waals surface area contributed by atoms with E-state index in [4.69, 9.17) is 10.4 Å². The van der Waals surface area contributed by atoms with E-state index >= 15 is 0 Å². The normalized spacial score (nSPS) is 10.3. The van der Waals surface area contributed by atoms with E-state index in [1.54, 1.807) is 12.1 Å². The molecule has 0 spiro atoms. The molecule has 0 aliphatic carbocycles. The molecule has 0 fully saturated rings. The number of hydrogen-bond acceptors (Lipinski definition) is 2. The highest BCUT2D eigenvalue weighted by molar-refractivity contribution is 5.88. The van der Waals surface area contributed by atoms with Crippen LogP contribution in [0.2, 0.25) is 0 Å². The SMILES string of the molecule is N#Cc1ccccc1-c1ccccc1/C=C/C(=O)O. The molecule has 0 heterocycles. The maximum atomic E-state index is 10.6. The third-order valence-electron chi connectivity index (χ3n) is 2.70. The monoisotopic (exact) mass is 249 g/mol. The molecule has 2 aromatic carbocycles. The van der Waals surface area contributed by atoms with E-state index in [9.17, 15) is 4.79 Å². The summed E-state index contributed by atoms with van der Waals surface area (Å²) in [5.74, 6) is -0.997. The van der Waals surface area contributed by atoms with E-state index < -0.39 is 5.97 Å². The second kappa shape index (κ2) is 5.65. The van der Waals surface area contributed by atoms with Crippen molar-refractivity contribution < 1.29 is 9.90 Å². The summed E-state index contributed by atoms with van der Waals surface area (Å²) in [6, 6.07) is 16.8. The fourth-order valence-electron chi connectivity index (χ4n) is 1.86. The minimum atomic E-state index is -0.997. The van der Waals surface area contributed by atoms with Gasteiger partial charge in [0.25, 0.3) is 0 Å². The summed E-state index contributed by atoms with van der Waals surface area (Å²) in [6.45, 7) is 0. The summed E-state index contributed by atoms with van der Waals surface area (Å²) in [5.41, 5.74) is 2.99. The number of carboxylic acids is 1. The Bertz CT molecular complexity index is 681. The van der Waals surface area contributed by atoms with E-state index in [1.165, 1.54) is 6.08 Å². The summed E-state index contributed by atoms with van der Waals surface area (Å²) in [6.07, 6.45) is 2.62. The van der Waals surface area contributed by atoms with Crippen LogP contribution in [0.5, 0.6) is 0 Å². The Morgan fingerprint density at radius 3 is 2.37 bits per heavy atom. The second-order valence-electron chi connectivity index (χ2n) is 3.92. The first kappa shape index (κ1) is 12.6. The first-order valence-corrected chi connectivity index (χ1v) is 5.72. The summed E-state index contributed by atoms with van der Waals surface area (Å²) in [4.78, 5) is 10.6. The summed E-state index contributed by atoms with van der Waals surface area (Å²) in [5, 5.41) is 17.8. The largest absolute Gasteiger partial charge is 0.478 e. The highest BCUT2D eigenvalue weighted by Gasteiger charge is 2.07. The third kappa shape index (κ3) is 2.88. The molecule has 0 radical (unpaired) electrons. The van der Waals surface area contributed by atoms with Crippen LogP contribution in [0.25, 0.3) is 17.2 Å². The van der Waals surface area contributed by atoms with Crippen LogP contribution in [-0.4, -0.2) is 11.1 Å². The highest BCUT2D eigenvalue weighted by atomic mass is 16.4. The second-order valence-corrected chi connectivity index (χ2v) is 3.92. The van der Waals surface area contributed by atoms with Crippen LogP contribution in [-0.2, 0) is 4.79 Å². The van der Waals surface area contributed by atoms with Gasteiger partial charge in [0.15, 0.2) is 0 Å². The maximum Gasteiger partial charge on any atom is 0.328 e. The predicted octanol–water partition coefficient (Wildman–Crippen LogP) is 3.32. The lowest BCUT2D eigenvalue weighted by atomic mass is 9.96. The van der Waals surface area contributed by atoms with E-state index in [0.29, 0.717) is 5.56 Å². The summed E-state index contributed by atoms with van der Waals surface area (Å²) < 4.78 is 0. The molecule has 0 saturated carbocycles. The van der Waals surface area contributed by atoms with Gasteiger partial charge < -0.3 is 5.11 Å². The predicted molar refractivity (Wildman–Crippen MR) is 73.3 cm³/mol. The lowest BCUT2D eigenvalue weighted by Gasteiger charge is -2.07. The van der Waals surface area contributed by atoms with Crippen LogP contribution < -0.4 is 0 Å².